The summed E-state index contributed by atoms with van der Waals surface area (Å²) >= 11 is 0. The maximum absolute atomic E-state index is 12.3. The van der Waals surface area contributed by atoms with Crippen LogP contribution in [0.25, 0.3) is 0 Å². The number of carbonyl (C=O) groups excluding carboxylic acids is 1. The second-order valence-corrected chi connectivity index (χ2v) is 4.18. The standard InChI is InChI=1S/C12H16N2O2/c1-9-7-16-8-10(2)14(9)12(15)11-3-5-13-6-4-11/h3-6,9-10H,7-8H2,1-2H3. The first kappa shape index (κ1) is 11.1. The second kappa shape index (κ2) is 4.61. The Morgan fingerprint density at radius 3 is 2.44 bits per heavy atom. The summed E-state index contributed by atoms with van der Waals surface area (Å²) in [5.41, 5.74) is 0.690. The molecular weight excluding hydrogens is 204 g/mol. The summed E-state index contributed by atoms with van der Waals surface area (Å²) in [4.78, 5) is 18.1. The summed E-state index contributed by atoms with van der Waals surface area (Å²) in [5.74, 6) is 0.0608. The molecule has 0 radical (unpaired) electrons. The highest BCUT2D eigenvalue weighted by molar-refractivity contribution is 5.94. The second-order valence-electron chi connectivity index (χ2n) is 4.18. The Bertz CT molecular complexity index is 357. The Morgan fingerprint density at radius 2 is 1.88 bits per heavy atom. The molecule has 2 rings (SSSR count). The van der Waals surface area contributed by atoms with Gasteiger partial charge in [0.2, 0.25) is 0 Å². The Kier molecular flexibility index (Phi) is 3.19. The van der Waals surface area contributed by atoms with Crippen molar-refractivity contribution in [1.29, 1.82) is 0 Å². The quantitative estimate of drug-likeness (QED) is 0.717. The molecule has 4 heteroatoms. The Morgan fingerprint density at radius 1 is 1.31 bits per heavy atom. The van der Waals surface area contributed by atoms with E-state index in [4.69, 9.17) is 4.74 Å². The van der Waals surface area contributed by atoms with E-state index in [0.717, 1.165) is 0 Å². The van der Waals surface area contributed by atoms with Crippen LogP contribution in [0.3, 0.4) is 0 Å². The van der Waals surface area contributed by atoms with E-state index in [2.05, 4.69) is 4.98 Å². The molecule has 0 spiro atoms. The number of rotatable bonds is 1. The van der Waals surface area contributed by atoms with Crippen molar-refractivity contribution < 1.29 is 9.53 Å². The van der Waals surface area contributed by atoms with Gasteiger partial charge in [0, 0.05) is 18.0 Å². The number of pyridine rings is 1. The van der Waals surface area contributed by atoms with E-state index in [1.165, 1.54) is 0 Å². The van der Waals surface area contributed by atoms with E-state index in [1.54, 1.807) is 24.5 Å². The molecule has 1 amide bonds. The highest BCUT2D eigenvalue weighted by Crippen LogP contribution is 2.16. The van der Waals surface area contributed by atoms with Crippen LogP contribution in [0.5, 0.6) is 0 Å². The van der Waals surface area contributed by atoms with Crippen LogP contribution in [0, 0.1) is 0 Å². The molecule has 2 heterocycles. The van der Waals surface area contributed by atoms with Crippen LogP contribution in [0.1, 0.15) is 24.2 Å². The van der Waals surface area contributed by atoms with E-state index in [1.807, 2.05) is 18.7 Å². The number of morpholine rings is 1. The summed E-state index contributed by atoms with van der Waals surface area (Å²) in [6.07, 6.45) is 3.28. The third kappa shape index (κ3) is 2.07. The first-order chi connectivity index (χ1) is 7.70. The van der Waals surface area contributed by atoms with Gasteiger partial charge in [0.15, 0.2) is 0 Å². The van der Waals surface area contributed by atoms with Gasteiger partial charge in [-0.3, -0.25) is 9.78 Å². The van der Waals surface area contributed by atoms with E-state index in [-0.39, 0.29) is 18.0 Å². The normalized spacial score (nSPS) is 25.5. The molecule has 1 saturated heterocycles. The van der Waals surface area contributed by atoms with Crippen LogP contribution in [0.2, 0.25) is 0 Å². The lowest BCUT2D eigenvalue weighted by Crippen LogP contribution is -2.52. The van der Waals surface area contributed by atoms with Crippen molar-refractivity contribution in [2.75, 3.05) is 13.2 Å². The van der Waals surface area contributed by atoms with Gasteiger partial charge in [-0.2, -0.15) is 0 Å². The van der Waals surface area contributed by atoms with Gasteiger partial charge in [-0.1, -0.05) is 0 Å². The van der Waals surface area contributed by atoms with Crippen LogP contribution in [-0.2, 0) is 4.74 Å². The van der Waals surface area contributed by atoms with Crippen molar-refractivity contribution in [1.82, 2.24) is 9.88 Å². The molecule has 2 unspecified atom stereocenters. The molecule has 1 aromatic rings. The number of hydrogen-bond donors (Lipinski definition) is 0. The molecule has 1 aromatic heterocycles. The first-order valence-electron chi connectivity index (χ1n) is 5.50. The first-order valence-corrected chi connectivity index (χ1v) is 5.50. The number of hydrogen-bond acceptors (Lipinski definition) is 3. The van der Waals surface area contributed by atoms with Crippen molar-refractivity contribution in [2.24, 2.45) is 0 Å². The van der Waals surface area contributed by atoms with E-state index < -0.39 is 0 Å². The van der Waals surface area contributed by atoms with Gasteiger partial charge in [-0.25, -0.2) is 0 Å². The predicted molar refractivity (Wildman–Crippen MR) is 60.1 cm³/mol. The van der Waals surface area contributed by atoms with Crippen molar-refractivity contribution in [3.8, 4) is 0 Å². The van der Waals surface area contributed by atoms with Gasteiger partial charge in [-0.15, -0.1) is 0 Å². The minimum absolute atomic E-state index is 0.0608. The van der Waals surface area contributed by atoms with Gasteiger partial charge >= 0.3 is 0 Å². The fraction of sp³-hybridized carbons (Fsp3) is 0.500. The number of ether oxygens (including phenoxy) is 1. The van der Waals surface area contributed by atoms with Gasteiger partial charge in [0.05, 0.1) is 25.3 Å². The number of nitrogens with zero attached hydrogens (tertiary/aromatic N) is 2. The van der Waals surface area contributed by atoms with Gasteiger partial charge < -0.3 is 9.64 Å². The van der Waals surface area contributed by atoms with Crippen molar-refractivity contribution in [3.63, 3.8) is 0 Å². The van der Waals surface area contributed by atoms with Crippen LogP contribution < -0.4 is 0 Å². The van der Waals surface area contributed by atoms with Crippen molar-refractivity contribution in [3.05, 3.63) is 30.1 Å². The summed E-state index contributed by atoms with van der Waals surface area (Å²) in [6.45, 7) is 5.24. The number of amides is 1. The minimum Gasteiger partial charge on any atom is -0.377 e. The molecule has 4 nitrogen and oxygen atoms in total. The summed E-state index contributed by atoms with van der Waals surface area (Å²) in [5, 5.41) is 0. The molecule has 86 valence electrons. The Labute approximate surface area is 95.2 Å². The Balaban J connectivity index is 2.20. The monoisotopic (exact) mass is 220 g/mol. The molecule has 0 aromatic carbocycles. The zero-order chi connectivity index (χ0) is 11.5. The molecule has 1 aliphatic rings. The van der Waals surface area contributed by atoms with Crippen LogP contribution in [0.4, 0.5) is 0 Å². The number of aromatic nitrogens is 1. The topological polar surface area (TPSA) is 42.4 Å². The van der Waals surface area contributed by atoms with Crippen LogP contribution >= 0.6 is 0 Å². The van der Waals surface area contributed by atoms with Crippen molar-refractivity contribution >= 4 is 5.91 Å². The zero-order valence-electron chi connectivity index (χ0n) is 9.59. The van der Waals surface area contributed by atoms with Gasteiger partial charge in [0.25, 0.3) is 5.91 Å². The average Bonchev–Trinajstić information content (AvgIpc) is 2.30. The fourth-order valence-electron chi connectivity index (χ4n) is 2.05. The highest BCUT2D eigenvalue weighted by atomic mass is 16.5. The predicted octanol–water partition coefficient (Wildman–Crippen LogP) is 1.33. The molecule has 0 saturated carbocycles. The maximum Gasteiger partial charge on any atom is 0.254 e. The minimum atomic E-state index is 0.0608. The fourth-order valence-corrected chi connectivity index (χ4v) is 2.05. The van der Waals surface area contributed by atoms with E-state index >= 15 is 0 Å². The molecule has 16 heavy (non-hydrogen) atoms. The molecule has 2 atom stereocenters. The summed E-state index contributed by atoms with van der Waals surface area (Å²) in [6, 6.07) is 3.75. The highest BCUT2D eigenvalue weighted by Gasteiger charge is 2.30. The summed E-state index contributed by atoms with van der Waals surface area (Å²) in [7, 11) is 0. The van der Waals surface area contributed by atoms with Gasteiger partial charge in [-0.05, 0) is 26.0 Å². The molecule has 0 N–H and O–H groups in total. The van der Waals surface area contributed by atoms with E-state index in [0.29, 0.717) is 18.8 Å². The Hall–Kier alpha value is -1.42. The molecule has 1 aliphatic heterocycles. The average molecular weight is 220 g/mol. The molecule has 1 fully saturated rings. The molecule has 0 aliphatic carbocycles. The zero-order valence-corrected chi connectivity index (χ0v) is 9.59. The lowest BCUT2D eigenvalue weighted by atomic mass is 10.1. The lowest BCUT2D eigenvalue weighted by Gasteiger charge is -2.38. The summed E-state index contributed by atoms with van der Waals surface area (Å²) < 4.78 is 5.40. The van der Waals surface area contributed by atoms with Crippen molar-refractivity contribution in [2.45, 2.75) is 25.9 Å². The van der Waals surface area contributed by atoms with Gasteiger partial charge in [0.1, 0.15) is 0 Å². The lowest BCUT2D eigenvalue weighted by molar-refractivity contribution is -0.0249. The largest absolute Gasteiger partial charge is 0.377 e. The SMILES string of the molecule is CC1COCC(C)N1C(=O)c1ccncc1. The molecular formula is C12H16N2O2. The van der Waals surface area contributed by atoms with E-state index in [9.17, 15) is 4.79 Å². The third-order valence-corrected chi connectivity index (χ3v) is 2.83. The smallest absolute Gasteiger partial charge is 0.254 e. The molecule has 0 bridgehead atoms. The number of carbonyl (C=O) groups is 1. The van der Waals surface area contributed by atoms with Crippen LogP contribution in [-0.4, -0.2) is 41.1 Å². The van der Waals surface area contributed by atoms with Crippen LogP contribution in [0.15, 0.2) is 24.5 Å². The third-order valence-electron chi connectivity index (χ3n) is 2.83. The maximum atomic E-state index is 12.3.